The summed E-state index contributed by atoms with van der Waals surface area (Å²) in [5.41, 5.74) is 1.03. The highest BCUT2D eigenvalue weighted by Gasteiger charge is 2.33. The Morgan fingerprint density at radius 1 is 1.23 bits per heavy atom. The molecule has 2 aromatic heterocycles. The molecular formula is C18H19N3O3S2. The van der Waals surface area contributed by atoms with Gasteiger partial charge < -0.3 is 4.52 Å². The van der Waals surface area contributed by atoms with Crippen LogP contribution in [0.2, 0.25) is 0 Å². The second-order valence-electron chi connectivity index (χ2n) is 6.45. The molecule has 1 aliphatic rings. The van der Waals surface area contributed by atoms with Crippen molar-refractivity contribution in [1.82, 2.24) is 14.4 Å². The zero-order chi connectivity index (χ0) is 18.1. The minimum absolute atomic E-state index is 0.0785. The number of piperidine rings is 1. The Bertz CT molecular complexity index is 979. The van der Waals surface area contributed by atoms with Crippen molar-refractivity contribution in [3.05, 3.63) is 53.2 Å². The lowest BCUT2D eigenvalue weighted by Crippen LogP contribution is -2.39. The Balaban J connectivity index is 1.55. The molecule has 0 N–H and O–H groups in total. The van der Waals surface area contributed by atoms with Gasteiger partial charge in [-0.2, -0.15) is 9.29 Å². The van der Waals surface area contributed by atoms with E-state index in [2.05, 4.69) is 10.1 Å². The Morgan fingerprint density at radius 3 is 2.77 bits per heavy atom. The fourth-order valence-corrected chi connectivity index (χ4v) is 5.30. The fourth-order valence-electron chi connectivity index (χ4n) is 3.13. The van der Waals surface area contributed by atoms with Gasteiger partial charge in [0, 0.05) is 13.1 Å². The van der Waals surface area contributed by atoms with Crippen LogP contribution in [0.15, 0.2) is 51.2 Å². The molecule has 136 valence electrons. The van der Waals surface area contributed by atoms with Crippen molar-refractivity contribution in [2.75, 3.05) is 13.1 Å². The maximum Gasteiger partial charge on any atom is 0.243 e. The molecule has 3 heterocycles. The second kappa shape index (κ2) is 6.94. The van der Waals surface area contributed by atoms with E-state index in [4.69, 9.17) is 4.52 Å². The number of aryl methyl sites for hydroxylation is 1. The number of benzene rings is 1. The van der Waals surface area contributed by atoms with Crippen LogP contribution in [-0.2, 0) is 10.0 Å². The molecule has 4 rings (SSSR count). The summed E-state index contributed by atoms with van der Waals surface area (Å²) in [4.78, 5) is 5.76. The minimum atomic E-state index is -3.51. The maximum absolute atomic E-state index is 12.9. The lowest BCUT2D eigenvalue weighted by atomic mass is 10.00. The van der Waals surface area contributed by atoms with Crippen LogP contribution in [-0.4, -0.2) is 36.0 Å². The van der Waals surface area contributed by atoms with Crippen molar-refractivity contribution in [3.8, 4) is 10.7 Å². The van der Waals surface area contributed by atoms with E-state index in [-0.39, 0.29) is 5.92 Å². The number of rotatable bonds is 4. The molecule has 1 aliphatic heterocycles. The standard InChI is InChI=1S/C18H19N3O3S2/c1-13-6-8-15(9-7-13)26(22,23)21-10-2-4-14(12-21)18-19-17(20-24-18)16-5-3-11-25-16/h3,5-9,11,14H,2,4,10,12H2,1H3/t14-/m1/s1. The third-order valence-corrected chi connectivity index (χ3v) is 7.32. The van der Waals surface area contributed by atoms with Crippen LogP contribution in [0.1, 0.15) is 30.2 Å². The number of thiophene rings is 1. The van der Waals surface area contributed by atoms with Gasteiger partial charge in [0.1, 0.15) is 0 Å². The van der Waals surface area contributed by atoms with Gasteiger partial charge in [0.15, 0.2) is 0 Å². The largest absolute Gasteiger partial charge is 0.339 e. The first-order valence-corrected chi connectivity index (χ1v) is 10.8. The highest BCUT2D eigenvalue weighted by molar-refractivity contribution is 7.89. The Labute approximate surface area is 156 Å². The molecular weight excluding hydrogens is 370 g/mol. The Kier molecular flexibility index (Phi) is 4.64. The van der Waals surface area contributed by atoms with Crippen LogP contribution in [0.5, 0.6) is 0 Å². The molecule has 0 spiro atoms. The van der Waals surface area contributed by atoms with E-state index in [9.17, 15) is 8.42 Å². The highest BCUT2D eigenvalue weighted by Crippen LogP contribution is 2.31. The molecule has 0 saturated carbocycles. The lowest BCUT2D eigenvalue weighted by Gasteiger charge is -2.30. The molecule has 26 heavy (non-hydrogen) atoms. The van der Waals surface area contributed by atoms with Crippen LogP contribution in [0.4, 0.5) is 0 Å². The van der Waals surface area contributed by atoms with Crippen molar-refractivity contribution >= 4 is 21.4 Å². The highest BCUT2D eigenvalue weighted by atomic mass is 32.2. The molecule has 8 heteroatoms. The quantitative estimate of drug-likeness (QED) is 0.680. The van der Waals surface area contributed by atoms with Crippen LogP contribution < -0.4 is 0 Å². The average Bonchev–Trinajstić information content (AvgIpc) is 3.34. The molecule has 1 aromatic carbocycles. The van der Waals surface area contributed by atoms with E-state index >= 15 is 0 Å². The smallest absolute Gasteiger partial charge is 0.243 e. The average molecular weight is 390 g/mol. The molecule has 1 saturated heterocycles. The van der Waals surface area contributed by atoms with Crippen molar-refractivity contribution in [2.45, 2.75) is 30.6 Å². The molecule has 1 fully saturated rings. The van der Waals surface area contributed by atoms with Gasteiger partial charge in [-0.05, 0) is 43.3 Å². The Hall–Kier alpha value is -2.03. The van der Waals surface area contributed by atoms with Crippen LogP contribution in [0.3, 0.4) is 0 Å². The number of nitrogens with zero attached hydrogens (tertiary/aromatic N) is 3. The van der Waals surface area contributed by atoms with Gasteiger partial charge in [-0.25, -0.2) is 8.42 Å². The topological polar surface area (TPSA) is 76.3 Å². The van der Waals surface area contributed by atoms with Crippen molar-refractivity contribution < 1.29 is 12.9 Å². The van der Waals surface area contributed by atoms with E-state index in [1.807, 2.05) is 36.6 Å². The zero-order valence-electron chi connectivity index (χ0n) is 14.3. The number of hydrogen-bond acceptors (Lipinski definition) is 6. The second-order valence-corrected chi connectivity index (χ2v) is 9.33. The third-order valence-electron chi connectivity index (χ3n) is 4.58. The first kappa shape index (κ1) is 17.4. The first-order chi connectivity index (χ1) is 12.5. The number of sulfonamides is 1. The van der Waals surface area contributed by atoms with Gasteiger partial charge in [-0.1, -0.05) is 28.9 Å². The van der Waals surface area contributed by atoms with E-state index in [1.54, 1.807) is 23.5 Å². The van der Waals surface area contributed by atoms with Crippen molar-refractivity contribution in [3.63, 3.8) is 0 Å². The summed E-state index contributed by atoms with van der Waals surface area (Å²) in [5, 5.41) is 6.01. The first-order valence-electron chi connectivity index (χ1n) is 8.48. The Morgan fingerprint density at radius 2 is 2.04 bits per heavy atom. The molecule has 0 bridgehead atoms. The SMILES string of the molecule is Cc1ccc(S(=O)(=O)N2CCC[C@@H](c3nc(-c4cccs4)no3)C2)cc1. The monoisotopic (exact) mass is 389 g/mol. The van der Waals surface area contributed by atoms with Gasteiger partial charge in [0.05, 0.1) is 15.7 Å². The molecule has 0 radical (unpaired) electrons. The summed E-state index contributed by atoms with van der Waals surface area (Å²) in [6.07, 6.45) is 1.61. The summed E-state index contributed by atoms with van der Waals surface area (Å²) >= 11 is 1.55. The van der Waals surface area contributed by atoms with Crippen LogP contribution in [0, 0.1) is 6.92 Å². The predicted octanol–water partition coefficient (Wildman–Crippen LogP) is 3.67. The van der Waals surface area contributed by atoms with Crippen molar-refractivity contribution in [2.24, 2.45) is 0 Å². The molecule has 0 amide bonds. The summed E-state index contributed by atoms with van der Waals surface area (Å²) in [7, 11) is -3.51. The third kappa shape index (κ3) is 3.32. The normalized spacial score (nSPS) is 18.9. The number of aromatic nitrogens is 2. The predicted molar refractivity (Wildman–Crippen MR) is 99.5 cm³/mol. The van der Waals surface area contributed by atoms with E-state index < -0.39 is 10.0 Å². The molecule has 6 nitrogen and oxygen atoms in total. The van der Waals surface area contributed by atoms with E-state index in [0.717, 1.165) is 23.3 Å². The molecule has 0 unspecified atom stereocenters. The van der Waals surface area contributed by atoms with Gasteiger partial charge in [0.25, 0.3) is 0 Å². The summed E-state index contributed by atoms with van der Waals surface area (Å²) < 4.78 is 32.8. The zero-order valence-corrected chi connectivity index (χ0v) is 16.0. The van der Waals surface area contributed by atoms with Gasteiger partial charge in [-0.3, -0.25) is 0 Å². The summed E-state index contributed by atoms with van der Waals surface area (Å²) in [5.74, 6) is 0.996. The van der Waals surface area contributed by atoms with E-state index in [1.165, 1.54) is 4.31 Å². The summed E-state index contributed by atoms with van der Waals surface area (Å²) in [6, 6.07) is 10.8. The minimum Gasteiger partial charge on any atom is -0.339 e. The van der Waals surface area contributed by atoms with Gasteiger partial charge in [-0.15, -0.1) is 11.3 Å². The summed E-state index contributed by atoms with van der Waals surface area (Å²) in [6.45, 7) is 2.81. The fraction of sp³-hybridized carbons (Fsp3) is 0.333. The molecule has 1 atom stereocenters. The van der Waals surface area contributed by atoms with E-state index in [0.29, 0.717) is 29.7 Å². The van der Waals surface area contributed by atoms with Crippen LogP contribution in [0.25, 0.3) is 10.7 Å². The van der Waals surface area contributed by atoms with Gasteiger partial charge in [0.2, 0.25) is 21.7 Å². The van der Waals surface area contributed by atoms with Crippen LogP contribution >= 0.6 is 11.3 Å². The molecule has 0 aliphatic carbocycles. The number of hydrogen-bond donors (Lipinski definition) is 0. The maximum atomic E-state index is 12.9. The van der Waals surface area contributed by atoms with Gasteiger partial charge >= 0.3 is 0 Å². The lowest BCUT2D eigenvalue weighted by molar-refractivity contribution is 0.265. The molecule has 3 aromatic rings. The van der Waals surface area contributed by atoms with Crippen molar-refractivity contribution in [1.29, 1.82) is 0 Å².